The number of carbonyl (C=O) groups is 1. The first kappa shape index (κ1) is 16.7. The van der Waals surface area contributed by atoms with E-state index < -0.39 is 0 Å². The van der Waals surface area contributed by atoms with Crippen LogP contribution in [0.25, 0.3) is 5.78 Å². The molecule has 1 saturated carbocycles. The Morgan fingerprint density at radius 1 is 1.23 bits per heavy atom. The molecule has 2 heterocycles. The third-order valence-corrected chi connectivity index (χ3v) is 4.87. The van der Waals surface area contributed by atoms with E-state index in [1.807, 2.05) is 17.9 Å². The van der Waals surface area contributed by atoms with Crippen LogP contribution in [0, 0.1) is 6.92 Å². The van der Waals surface area contributed by atoms with Gasteiger partial charge in [0.1, 0.15) is 0 Å². The molecule has 0 atom stereocenters. The van der Waals surface area contributed by atoms with Crippen molar-refractivity contribution in [2.75, 3.05) is 0 Å². The van der Waals surface area contributed by atoms with Gasteiger partial charge in [0.25, 0.3) is 11.7 Å². The Kier molecular flexibility index (Phi) is 4.18. The predicted molar refractivity (Wildman–Crippen MR) is 98.9 cm³/mol. The second-order valence-electron chi connectivity index (χ2n) is 7.29. The van der Waals surface area contributed by atoms with Gasteiger partial charge in [0, 0.05) is 24.5 Å². The highest BCUT2D eigenvalue weighted by atomic mass is 16.2. The van der Waals surface area contributed by atoms with E-state index in [1.165, 1.54) is 5.56 Å². The van der Waals surface area contributed by atoms with Crippen molar-refractivity contribution in [2.24, 2.45) is 0 Å². The molecule has 1 aromatic carbocycles. The minimum absolute atomic E-state index is 0.120. The Balaban J connectivity index is 1.59. The van der Waals surface area contributed by atoms with Gasteiger partial charge in [-0.3, -0.25) is 4.79 Å². The van der Waals surface area contributed by atoms with E-state index >= 15 is 0 Å². The number of fused-ring (bicyclic) bond motifs is 1. The number of nitrogens with zero attached hydrogens (tertiary/aromatic N) is 5. The average Bonchev–Trinajstić information content (AvgIpc) is 3.37. The van der Waals surface area contributed by atoms with E-state index in [2.05, 4.69) is 53.2 Å². The van der Waals surface area contributed by atoms with Gasteiger partial charge < -0.3 is 4.90 Å². The maximum atomic E-state index is 13.0. The molecule has 0 radical (unpaired) electrons. The summed E-state index contributed by atoms with van der Waals surface area (Å²) in [6.45, 7) is 6.87. The SMILES string of the molecule is Cc1ccnc2nc(C(=O)N(Cc3ccc(C(C)C)cc3)C3CC3)nn12. The monoisotopic (exact) mass is 349 g/mol. The lowest BCUT2D eigenvalue weighted by atomic mass is 10.0. The Morgan fingerprint density at radius 2 is 1.96 bits per heavy atom. The van der Waals surface area contributed by atoms with Crippen LogP contribution in [-0.2, 0) is 6.54 Å². The molecule has 0 unspecified atom stereocenters. The largest absolute Gasteiger partial charge is 0.329 e. The molecule has 3 aromatic rings. The fourth-order valence-corrected chi connectivity index (χ4v) is 3.08. The molecule has 6 nitrogen and oxygen atoms in total. The van der Waals surface area contributed by atoms with Crippen LogP contribution < -0.4 is 0 Å². The molecule has 0 bridgehead atoms. The van der Waals surface area contributed by atoms with Gasteiger partial charge in [-0.05, 0) is 42.9 Å². The zero-order chi connectivity index (χ0) is 18.3. The number of hydrogen-bond acceptors (Lipinski definition) is 4. The highest BCUT2D eigenvalue weighted by Crippen LogP contribution is 2.29. The van der Waals surface area contributed by atoms with Crippen molar-refractivity contribution in [1.82, 2.24) is 24.5 Å². The summed E-state index contributed by atoms with van der Waals surface area (Å²) in [7, 11) is 0. The highest BCUT2D eigenvalue weighted by Gasteiger charge is 2.35. The Bertz CT molecular complexity index is 940. The molecule has 1 amide bonds. The molecule has 0 aliphatic heterocycles. The maximum absolute atomic E-state index is 13.0. The lowest BCUT2D eigenvalue weighted by molar-refractivity contribution is 0.0717. The number of aryl methyl sites for hydroxylation is 1. The van der Waals surface area contributed by atoms with Crippen LogP contribution in [0.1, 0.15) is 60.0 Å². The van der Waals surface area contributed by atoms with Crippen molar-refractivity contribution in [3.05, 3.63) is 59.2 Å². The molecule has 0 N–H and O–H groups in total. The average molecular weight is 349 g/mol. The second-order valence-corrected chi connectivity index (χ2v) is 7.29. The minimum Gasteiger partial charge on any atom is -0.329 e. The number of amides is 1. The van der Waals surface area contributed by atoms with Gasteiger partial charge in [-0.2, -0.15) is 4.98 Å². The summed E-state index contributed by atoms with van der Waals surface area (Å²) in [5.41, 5.74) is 3.35. The van der Waals surface area contributed by atoms with Crippen LogP contribution in [0.4, 0.5) is 0 Å². The van der Waals surface area contributed by atoms with Crippen molar-refractivity contribution >= 4 is 11.7 Å². The van der Waals surface area contributed by atoms with E-state index in [0.29, 0.717) is 18.2 Å². The predicted octanol–water partition coefficient (Wildman–Crippen LogP) is 3.36. The number of rotatable bonds is 5. The lowest BCUT2D eigenvalue weighted by Crippen LogP contribution is -2.33. The summed E-state index contributed by atoms with van der Waals surface area (Å²) >= 11 is 0. The topological polar surface area (TPSA) is 63.4 Å². The van der Waals surface area contributed by atoms with Crippen molar-refractivity contribution in [2.45, 2.75) is 52.1 Å². The fourth-order valence-electron chi connectivity index (χ4n) is 3.08. The summed E-state index contributed by atoms with van der Waals surface area (Å²) in [6.07, 6.45) is 3.77. The molecular formula is C20H23N5O. The van der Waals surface area contributed by atoms with Gasteiger partial charge >= 0.3 is 0 Å². The molecule has 26 heavy (non-hydrogen) atoms. The smallest absolute Gasteiger partial charge is 0.294 e. The third-order valence-electron chi connectivity index (χ3n) is 4.87. The molecule has 4 rings (SSSR count). The fraction of sp³-hybridized carbons (Fsp3) is 0.400. The Labute approximate surface area is 152 Å². The number of hydrogen-bond donors (Lipinski definition) is 0. The molecule has 0 spiro atoms. The molecule has 134 valence electrons. The van der Waals surface area contributed by atoms with E-state index in [-0.39, 0.29) is 17.8 Å². The van der Waals surface area contributed by atoms with Gasteiger partial charge in [-0.15, -0.1) is 5.10 Å². The van der Waals surface area contributed by atoms with Gasteiger partial charge in [0.2, 0.25) is 5.82 Å². The van der Waals surface area contributed by atoms with E-state index in [0.717, 1.165) is 24.1 Å². The first-order valence-corrected chi connectivity index (χ1v) is 9.11. The zero-order valence-electron chi connectivity index (χ0n) is 15.4. The summed E-state index contributed by atoms with van der Waals surface area (Å²) in [5.74, 6) is 1.07. The van der Waals surface area contributed by atoms with Crippen LogP contribution >= 0.6 is 0 Å². The van der Waals surface area contributed by atoms with E-state index in [9.17, 15) is 4.79 Å². The van der Waals surface area contributed by atoms with Crippen molar-refractivity contribution in [3.8, 4) is 0 Å². The second kappa shape index (κ2) is 6.52. The van der Waals surface area contributed by atoms with Crippen LogP contribution in [-0.4, -0.2) is 36.4 Å². The van der Waals surface area contributed by atoms with Crippen LogP contribution in [0.2, 0.25) is 0 Å². The number of aromatic nitrogens is 4. The van der Waals surface area contributed by atoms with Crippen molar-refractivity contribution in [3.63, 3.8) is 0 Å². The van der Waals surface area contributed by atoms with Crippen LogP contribution in [0.5, 0.6) is 0 Å². The molecule has 0 saturated heterocycles. The quantitative estimate of drug-likeness (QED) is 0.708. The van der Waals surface area contributed by atoms with Gasteiger partial charge in [0.15, 0.2) is 0 Å². The van der Waals surface area contributed by atoms with E-state index in [1.54, 1.807) is 10.7 Å². The van der Waals surface area contributed by atoms with Gasteiger partial charge in [-0.1, -0.05) is 38.1 Å². The maximum Gasteiger partial charge on any atom is 0.294 e. The molecule has 2 aromatic heterocycles. The normalized spacial score (nSPS) is 14.2. The third kappa shape index (κ3) is 3.19. The Morgan fingerprint density at radius 3 is 2.58 bits per heavy atom. The molecule has 1 fully saturated rings. The van der Waals surface area contributed by atoms with Crippen molar-refractivity contribution in [1.29, 1.82) is 0 Å². The minimum atomic E-state index is -0.120. The molecule has 1 aliphatic rings. The summed E-state index contributed by atoms with van der Waals surface area (Å²) in [4.78, 5) is 23.5. The molecular weight excluding hydrogens is 326 g/mol. The van der Waals surface area contributed by atoms with Gasteiger partial charge in [0.05, 0.1) is 0 Å². The summed E-state index contributed by atoms with van der Waals surface area (Å²) in [6, 6.07) is 10.7. The number of benzene rings is 1. The van der Waals surface area contributed by atoms with Crippen LogP contribution in [0.15, 0.2) is 36.5 Å². The van der Waals surface area contributed by atoms with Crippen molar-refractivity contribution < 1.29 is 4.79 Å². The lowest BCUT2D eigenvalue weighted by Gasteiger charge is -2.21. The number of carbonyl (C=O) groups excluding carboxylic acids is 1. The van der Waals surface area contributed by atoms with Gasteiger partial charge in [-0.25, -0.2) is 9.50 Å². The highest BCUT2D eigenvalue weighted by molar-refractivity contribution is 5.91. The van der Waals surface area contributed by atoms with E-state index in [4.69, 9.17) is 0 Å². The molecule has 1 aliphatic carbocycles. The first-order valence-electron chi connectivity index (χ1n) is 9.11. The van der Waals surface area contributed by atoms with Crippen LogP contribution in [0.3, 0.4) is 0 Å². The standard InChI is InChI=1S/C20H23N5O/c1-13(2)16-6-4-15(5-7-16)12-24(17-8-9-17)19(26)18-22-20-21-11-10-14(3)25(20)23-18/h4-7,10-11,13,17H,8-9,12H2,1-3H3. The zero-order valence-corrected chi connectivity index (χ0v) is 15.4. The Hall–Kier alpha value is -2.76. The summed E-state index contributed by atoms with van der Waals surface area (Å²) in [5, 5.41) is 4.37. The summed E-state index contributed by atoms with van der Waals surface area (Å²) < 4.78 is 1.62. The first-order chi connectivity index (χ1) is 12.5. The molecule has 6 heteroatoms.